The Morgan fingerprint density at radius 2 is 2.40 bits per heavy atom. The molecule has 1 aromatic heterocycles. The van der Waals surface area contributed by atoms with E-state index in [2.05, 4.69) is 4.98 Å². The first kappa shape index (κ1) is 10.2. The van der Waals surface area contributed by atoms with Crippen LogP contribution in [0.25, 0.3) is 0 Å². The smallest absolute Gasteiger partial charge is 0.148 e. The van der Waals surface area contributed by atoms with E-state index in [4.69, 9.17) is 22.0 Å². The summed E-state index contributed by atoms with van der Waals surface area (Å²) in [4.78, 5) is 6.10. The molecule has 0 bridgehead atoms. The number of hydrogen-bond acceptors (Lipinski definition) is 4. The molecule has 0 amide bonds. The SMILES string of the molecule is N#Cc1ccnc(N2CC(CO)C2)c1Cl. The van der Waals surface area contributed by atoms with Gasteiger partial charge in [-0.05, 0) is 6.07 Å². The third kappa shape index (κ3) is 1.76. The maximum absolute atomic E-state index is 8.89. The molecule has 1 saturated heterocycles. The molecule has 1 aliphatic rings. The molecule has 78 valence electrons. The molecule has 0 radical (unpaired) electrons. The van der Waals surface area contributed by atoms with E-state index in [1.165, 1.54) is 0 Å². The van der Waals surface area contributed by atoms with Crippen molar-refractivity contribution in [2.24, 2.45) is 5.92 Å². The molecule has 0 unspecified atom stereocenters. The summed E-state index contributed by atoms with van der Waals surface area (Å²) in [7, 11) is 0. The zero-order valence-corrected chi connectivity index (χ0v) is 8.78. The normalized spacial score (nSPS) is 15.9. The molecule has 1 aliphatic heterocycles. The molecular weight excluding hydrogens is 214 g/mol. The van der Waals surface area contributed by atoms with E-state index in [1.54, 1.807) is 12.3 Å². The van der Waals surface area contributed by atoms with Crippen molar-refractivity contribution < 1.29 is 5.11 Å². The fourth-order valence-electron chi connectivity index (χ4n) is 1.60. The molecule has 0 aliphatic carbocycles. The minimum Gasteiger partial charge on any atom is -0.396 e. The number of halogens is 1. The van der Waals surface area contributed by atoms with Crippen LogP contribution in [-0.2, 0) is 0 Å². The largest absolute Gasteiger partial charge is 0.396 e. The van der Waals surface area contributed by atoms with Crippen LogP contribution in [0.3, 0.4) is 0 Å². The Labute approximate surface area is 92.7 Å². The molecule has 0 saturated carbocycles. The number of nitrogens with zero attached hydrogens (tertiary/aromatic N) is 3. The van der Waals surface area contributed by atoms with E-state index in [0.717, 1.165) is 13.1 Å². The summed E-state index contributed by atoms with van der Waals surface area (Å²) in [6.07, 6.45) is 1.58. The summed E-state index contributed by atoms with van der Waals surface area (Å²) < 4.78 is 0. The van der Waals surface area contributed by atoms with Gasteiger partial charge in [0.05, 0.1) is 5.56 Å². The number of aromatic nitrogens is 1. The van der Waals surface area contributed by atoms with E-state index >= 15 is 0 Å². The van der Waals surface area contributed by atoms with Gasteiger partial charge in [-0.3, -0.25) is 0 Å². The monoisotopic (exact) mass is 223 g/mol. The molecule has 1 N–H and O–H groups in total. The highest BCUT2D eigenvalue weighted by molar-refractivity contribution is 6.34. The highest BCUT2D eigenvalue weighted by Gasteiger charge is 2.28. The highest BCUT2D eigenvalue weighted by Crippen LogP contribution is 2.30. The van der Waals surface area contributed by atoms with Crippen molar-refractivity contribution in [1.29, 1.82) is 5.26 Å². The molecule has 15 heavy (non-hydrogen) atoms. The first-order valence-corrected chi connectivity index (χ1v) is 5.04. The fourth-order valence-corrected chi connectivity index (χ4v) is 1.87. The highest BCUT2D eigenvalue weighted by atomic mass is 35.5. The van der Waals surface area contributed by atoms with Crippen molar-refractivity contribution >= 4 is 17.4 Å². The van der Waals surface area contributed by atoms with Crippen LogP contribution in [-0.4, -0.2) is 29.8 Å². The number of hydrogen-bond donors (Lipinski definition) is 1. The third-order valence-electron chi connectivity index (χ3n) is 2.51. The summed E-state index contributed by atoms with van der Waals surface area (Å²) in [6.45, 7) is 1.68. The number of rotatable bonds is 2. The van der Waals surface area contributed by atoms with E-state index in [0.29, 0.717) is 22.3 Å². The van der Waals surface area contributed by atoms with Crippen molar-refractivity contribution in [3.05, 3.63) is 22.8 Å². The fraction of sp³-hybridized carbons (Fsp3) is 0.400. The van der Waals surface area contributed by atoms with Gasteiger partial charge in [-0.25, -0.2) is 4.98 Å². The predicted molar refractivity (Wildman–Crippen MR) is 56.8 cm³/mol. The van der Waals surface area contributed by atoms with Crippen molar-refractivity contribution in [2.75, 3.05) is 24.6 Å². The van der Waals surface area contributed by atoms with Gasteiger partial charge >= 0.3 is 0 Å². The zero-order chi connectivity index (χ0) is 10.8. The van der Waals surface area contributed by atoms with E-state index in [9.17, 15) is 0 Å². The molecule has 4 nitrogen and oxygen atoms in total. The minimum absolute atomic E-state index is 0.187. The number of pyridine rings is 1. The number of aliphatic hydroxyl groups excluding tert-OH is 1. The number of nitriles is 1. The van der Waals surface area contributed by atoms with Gasteiger partial charge in [-0.2, -0.15) is 5.26 Å². The van der Waals surface area contributed by atoms with Gasteiger partial charge in [-0.15, -0.1) is 0 Å². The van der Waals surface area contributed by atoms with Crippen molar-refractivity contribution in [3.63, 3.8) is 0 Å². The molecular formula is C10H10ClN3O. The van der Waals surface area contributed by atoms with E-state index in [-0.39, 0.29) is 6.61 Å². The van der Waals surface area contributed by atoms with Crippen LogP contribution >= 0.6 is 11.6 Å². The summed E-state index contributed by atoms with van der Waals surface area (Å²) in [5.74, 6) is 0.939. The van der Waals surface area contributed by atoms with Crippen LogP contribution in [0.4, 0.5) is 5.82 Å². The zero-order valence-electron chi connectivity index (χ0n) is 8.02. The van der Waals surface area contributed by atoms with Crippen molar-refractivity contribution in [3.8, 4) is 6.07 Å². The maximum atomic E-state index is 8.89. The second-order valence-electron chi connectivity index (χ2n) is 3.56. The van der Waals surface area contributed by atoms with Gasteiger partial charge in [0.2, 0.25) is 0 Å². The molecule has 5 heteroatoms. The Kier molecular flexibility index (Phi) is 2.76. The van der Waals surface area contributed by atoms with Gasteiger partial charge in [0, 0.05) is 31.8 Å². The Hall–Kier alpha value is -1.31. The average molecular weight is 224 g/mol. The van der Waals surface area contributed by atoms with Gasteiger partial charge in [0.1, 0.15) is 16.9 Å². The first-order valence-electron chi connectivity index (χ1n) is 4.66. The first-order chi connectivity index (χ1) is 7.26. The van der Waals surface area contributed by atoms with E-state index < -0.39 is 0 Å². The standard InChI is InChI=1S/C10H10ClN3O/c11-9-8(3-12)1-2-13-10(9)14-4-7(5-14)6-15/h1-2,7,15H,4-6H2. The van der Waals surface area contributed by atoms with Crippen LogP contribution in [0.1, 0.15) is 5.56 Å². The van der Waals surface area contributed by atoms with Gasteiger partial charge in [-0.1, -0.05) is 11.6 Å². The second-order valence-corrected chi connectivity index (χ2v) is 3.94. The minimum atomic E-state index is 0.187. The maximum Gasteiger partial charge on any atom is 0.148 e. The molecule has 0 spiro atoms. The van der Waals surface area contributed by atoms with Crippen LogP contribution < -0.4 is 4.90 Å². The Morgan fingerprint density at radius 3 is 3.00 bits per heavy atom. The quantitative estimate of drug-likeness (QED) is 0.814. The summed E-state index contributed by atoms with van der Waals surface area (Å²) >= 11 is 6.02. The molecule has 0 aromatic carbocycles. The number of anilines is 1. The summed E-state index contributed by atoms with van der Waals surface area (Å²) in [5.41, 5.74) is 0.439. The Morgan fingerprint density at radius 1 is 1.67 bits per heavy atom. The van der Waals surface area contributed by atoms with Gasteiger partial charge < -0.3 is 10.0 Å². The molecule has 1 aromatic rings. The van der Waals surface area contributed by atoms with Crippen LogP contribution in [0, 0.1) is 17.2 Å². The van der Waals surface area contributed by atoms with Crippen LogP contribution in [0.15, 0.2) is 12.3 Å². The topological polar surface area (TPSA) is 60.2 Å². The van der Waals surface area contributed by atoms with Crippen molar-refractivity contribution in [2.45, 2.75) is 0 Å². The Balaban J connectivity index is 2.20. The van der Waals surface area contributed by atoms with Crippen LogP contribution in [0.2, 0.25) is 5.02 Å². The third-order valence-corrected chi connectivity index (χ3v) is 2.88. The van der Waals surface area contributed by atoms with Crippen LogP contribution in [0.5, 0.6) is 0 Å². The lowest BCUT2D eigenvalue weighted by Gasteiger charge is -2.39. The molecule has 1 fully saturated rings. The lowest BCUT2D eigenvalue weighted by Crippen LogP contribution is -2.49. The number of aliphatic hydroxyl groups is 1. The lowest BCUT2D eigenvalue weighted by atomic mass is 10.0. The second kappa shape index (κ2) is 4.05. The predicted octanol–water partition coefficient (Wildman–Crippen LogP) is 1.04. The van der Waals surface area contributed by atoms with E-state index in [1.807, 2.05) is 11.0 Å². The Bertz CT molecular complexity index is 410. The summed E-state index contributed by atoms with van der Waals surface area (Å²) in [5, 5.41) is 18.1. The van der Waals surface area contributed by atoms with Gasteiger partial charge in [0.25, 0.3) is 0 Å². The molecule has 0 atom stereocenters. The average Bonchev–Trinajstić information content (AvgIpc) is 2.19. The van der Waals surface area contributed by atoms with Gasteiger partial charge in [0.15, 0.2) is 0 Å². The van der Waals surface area contributed by atoms with Crippen molar-refractivity contribution in [1.82, 2.24) is 4.98 Å². The lowest BCUT2D eigenvalue weighted by molar-refractivity contribution is 0.200. The molecule has 2 rings (SSSR count). The summed E-state index contributed by atoms with van der Waals surface area (Å²) in [6, 6.07) is 3.61. The molecule has 2 heterocycles.